The molecule has 5 rings (SSSR count). The Morgan fingerprint density at radius 1 is 0.967 bits per heavy atom. The van der Waals surface area contributed by atoms with E-state index in [0.29, 0.717) is 22.7 Å². The van der Waals surface area contributed by atoms with Gasteiger partial charge in [-0.1, -0.05) is 30.3 Å². The Morgan fingerprint density at radius 3 is 2.60 bits per heavy atom. The monoisotopic (exact) mass is 401 g/mol. The minimum atomic E-state index is -0.759. The Bertz CT molecular complexity index is 1090. The van der Waals surface area contributed by atoms with Crippen LogP contribution in [-0.4, -0.2) is 35.0 Å². The summed E-state index contributed by atoms with van der Waals surface area (Å²) < 4.78 is 10.8. The molecule has 150 valence electrons. The number of pyridine rings is 1. The van der Waals surface area contributed by atoms with E-state index in [-0.39, 0.29) is 31.7 Å². The smallest absolute Gasteiger partial charge is 0.254 e. The highest BCUT2D eigenvalue weighted by Crippen LogP contribution is 2.35. The van der Waals surface area contributed by atoms with Gasteiger partial charge >= 0.3 is 0 Å². The zero-order chi connectivity index (χ0) is 20.5. The van der Waals surface area contributed by atoms with Crippen LogP contribution in [0.4, 0.5) is 5.69 Å². The number of ether oxygens (including phenoxy) is 2. The third-order valence-corrected chi connectivity index (χ3v) is 5.28. The number of para-hydroxylation sites is 1. The maximum Gasteiger partial charge on any atom is 0.254 e. The molecule has 30 heavy (non-hydrogen) atoms. The molecule has 2 amide bonds. The van der Waals surface area contributed by atoms with Gasteiger partial charge in [-0.2, -0.15) is 0 Å². The first-order valence-corrected chi connectivity index (χ1v) is 9.65. The van der Waals surface area contributed by atoms with Crippen molar-refractivity contribution in [2.24, 2.45) is 0 Å². The Kier molecular flexibility index (Phi) is 4.55. The number of piperazine rings is 1. The maximum atomic E-state index is 13.5. The summed E-state index contributed by atoms with van der Waals surface area (Å²) in [6, 6.07) is 17.6. The van der Waals surface area contributed by atoms with E-state index in [4.69, 9.17) is 9.47 Å². The number of anilines is 1. The highest BCUT2D eigenvalue weighted by Gasteiger charge is 2.41. The summed E-state index contributed by atoms with van der Waals surface area (Å²) in [6.07, 6.45) is 3.28. The quantitative estimate of drug-likeness (QED) is 0.672. The average molecular weight is 401 g/mol. The molecule has 0 aliphatic carbocycles. The molecule has 1 aromatic heterocycles. The summed E-state index contributed by atoms with van der Waals surface area (Å²) in [5, 5.41) is 0. The van der Waals surface area contributed by atoms with Crippen LogP contribution >= 0.6 is 0 Å². The topological polar surface area (TPSA) is 72.0 Å². The molecule has 0 spiro atoms. The predicted octanol–water partition coefficient (Wildman–Crippen LogP) is 2.93. The summed E-state index contributed by atoms with van der Waals surface area (Å²) in [5.41, 5.74) is 2.24. The molecule has 1 fully saturated rings. The lowest BCUT2D eigenvalue weighted by Crippen LogP contribution is -2.55. The minimum absolute atomic E-state index is 0.00976. The van der Waals surface area contributed by atoms with Crippen LogP contribution in [0.3, 0.4) is 0 Å². The molecule has 0 saturated carbocycles. The van der Waals surface area contributed by atoms with Gasteiger partial charge in [0, 0.05) is 30.2 Å². The van der Waals surface area contributed by atoms with Crippen LogP contribution in [-0.2, 0) is 16.1 Å². The lowest BCUT2D eigenvalue weighted by atomic mass is 10.0. The largest absolute Gasteiger partial charge is 0.454 e. The highest BCUT2D eigenvalue weighted by molar-refractivity contribution is 6.06. The van der Waals surface area contributed by atoms with Crippen molar-refractivity contribution in [3.63, 3.8) is 0 Å². The first kappa shape index (κ1) is 18.2. The summed E-state index contributed by atoms with van der Waals surface area (Å²) in [6.45, 7) is 0.456. The molecule has 1 saturated heterocycles. The van der Waals surface area contributed by atoms with Crippen molar-refractivity contribution >= 4 is 17.5 Å². The van der Waals surface area contributed by atoms with Gasteiger partial charge in [0.1, 0.15) is 12.6 Å². The second-order valence-corrected chi connectivity index (χ2v) is 7.16. The van der Waals surface area contributed by atoms with E-state index >= 15 is 0 Å². The number of nitrogens with zero attached hydrogens (tertiary/aromatic N) is 3. The first-order valence-electron chi connectivity index (χ1n) is 9.65. The average Bonchev–Trinajstić information content (AvgIpc) is 3.25. The van der Waals surface area contributed by atoms with Crippen LogP contribution in [0.5, 0.6) is 11.5 Å². The molecule has 2 aromatic carbocycles. The van der Waals surface area contributed by atoms with Gasteiger partial charge in [0.05, 0.1) is 0 Å². The van der Waals surface area contributed by atoms with Gasteiger partial charge < -0.3 is 19.3 Å². The number of benzene rings is 2. The number of carbonyl (C=O) groups excluding carboxylic acids is 2. The van der Waals surface area contributed by atoms with Crippen molar-refractivity contribution in [2.45, 2.75) is 12.6 Å². The SMILES string of the molecule is O=C1[C@H](c2cccnc2)N(Cc2ccc3c(c2)OCO3)C(=O)CN1c1ccccc1. The fourth-order valence-corrected chi connectivity index (χ4v) is 3.83. The fraction of sp³-hybridized carbons (Fsp3) is 0.174. The van der Waals surface area contributed by atoms with E-state index in [0.717, 1.165) is 5.56 Å². The standard InChI is InChI=1S/C23H19N3O4/c27-21-14-25(18-6-2-1-3-7-18)23(28)22(17-5-4-10-24-12-17)26(21)13-16-8-9-19-20(11-16)30-15-29-19/h1-12,22H,13-15H2/t22-/m0/s1. The van der Waals surface area contributed by atoms with Crippen molar-refractivity contribution in [3.05, 3.63) is 84.2 Å². The van der Waals surface area contributed by atoms with E-state index in [1.807, 2.05) is 54.6 Å². The molecule has 7 nitrogen and oxygen atoms in total. The summed E-state index contributed by atoms with van der Waals surface area (Å²) in [5.74, 6) is 1.03. The molecule has 3 heterocycles. The van der Waals surface area contributed by atoms with Crippen molar-refractivity contribution in [1.82, 2.24) is 9.88 Å². The molecule has 3 aromatic rings. The molecule has 0 unspecified atom stereocenters. The molecule has 7 heteroatoms. The number of amides is 2. The lowest BCUT2D eigenvalue weighted by Gasteiger charge is -2.40. The Balaban J connectivity index is 1.51. The molecular formula is C23H19N3O4. The second-order valence-electron chi connectivity index (χ2n) is 7.16. The zero-order valence-corrected chi connectivity index (χ0v) is 16.1. The number of fused-ring (bicyclic) bond motifs is 1. The van der Waals surface area contributed by atoms with Gasteiger partial charge in [0.25, 0.3) is 5.91 Å². The van der Waals surface area contributed by atoms with Crippen LogP contribution in [0.25, 0.3) is 0 Å². The molecule has 2 aliphatic heterocycles. The molecule has 0 bridgehead atoms. The summed E-state index contributed by atoms with van der Waals surface area (Å²) >= 11 is 0. The van der Waals surface area contributed by atoms with Crippen molar-refractivity contribution in [3.8, 4) is 11.5 Å². The van der Waals surface area contributed by atoms with Crippen molar-refractivity contribution in [1.29, 1.82) is 0 Å². The van der Waals surface area contributed by atoms with Gasteiger partial charge in [0.15, 0.2) is 11.5 Å². The predicted molar refractivity (Wildman–Crippen MR) is 109 cm³/mol. The van der Waals surface area contributed by atoms with Crippen LogP contribution in [0.1, 0.15) is 17.2 Å². The second kappa shape index (κ2) is 7.51. The number of aromatic nitrogens is 1. The molecule has 0 radical (unpaired) electrons. The van der Waals surface area contributed by atoms with Gasteiger partial charge in [-0.3, -0.25) is 14.6 Å². The van der Waals surface area contributed by atoms with E-state index in [2.05, 4.69) is 4.98 Å². The van der Waals surface area contributed by atoms with Gasteiger partial charge in [-0.25, -0.2) is 0 Å². The van der Waals surface area contributed by atoms with Crippen LogP contribution in [0.15, 0.2) is 73.1 Å². The first-order chi connectivity index (χ1) is 14.7. The van der Waals surface area contributed by atoms with E-state index in [1.165, 1.54) is 4.90 Å². The number of carbonyl (C=O) groups is 2. The normalized spacial score (nSPS) is 18.1. The van der Waals surface area contributed by atoms with Crippen LogP contribution in [0.2, 0.25) is 0 Å². The van der Waals surface area contributed by atoms with Gasteiger partial charge in [-0.05, 0) is 35.9 Å². The third kappa shape index (κ3) is 3.24. The number of hydrogen-bond acceptors (Lipinski definition) is 5. The summed E-state index contributed by atoms with van der Waals surface area (Å²) in [4.78, 5) is 34.0. The molecule has 1 atom stereocenters. The van der Waals surface area contributed by atoms with Crippen molar-refractivity contribution < 1.29 is 19.1 Å². The maximum absolute atomic E-state index is 13.5. The summed E-state index contributed by atoms with van der Waals surface area (Å²) in [7, 11) is 0. The van der Waals surface area contributed by atoms with Crippen LogP contribution < -0.4 is 14.4 Å². The zero-order valence-electron chi connectivity index (χ0n) is 16.1. The molecular weight excluding hydrogens is 382 g/mol. The lowest BCUT2D eigenvalue weighted by molar-refractivity contribution is -0.144. The van der Waals surface area contributed by atoms with Crippen LogP contribution in [0, 0.1) is 0 Å². The highest BCUT2D eigenvalue weighted by atomic mass is 16.7. The number of hydrogen-bond donors (Lipinski definition) is 0. The van der Waals surface area contributed by atoms with Gasteiger partial charge in [-0.15, -0.1) is 0 Å². The third-order valence-electron chi connectivity index (χ3n) is 5.28. The minimum Gasteiger partial charge on any atom is -0.454 e. The van der Waals surface area contributed by atoms with Crippen molar-refractivity contribution in [2.75, 3.05) is 18.2 Å². The Morgan fingerprint density at radius 2 is 1.80 bits per heavy atom. The Hall–Kier alpha value is -3.87. The molecule has 0 N–H and O–H groups in total. The number of rotatable bonds is 4. The Labute approximate surface area is 173 Å². The molecule has 2 aliphatic rings. The van der Waals surface area contributed by atoms with E-state index in [1.54, 1.807) is 23.4 Å². The fourth-order valence-electron chi connectivity index (χ4n) is 3.83. The van der Waals surface area contributed by atoms with E-state index < -0.39 is 6.04 Å². The van der Waals surface area contributed by atoms with E-state index in [9.17, 15) is 9.59 Å². The van der Waals surface area contributed by atoms with Gasteiger partial charge in [0.2, 0.25) is 12.7 Å².